The van der Waals surface area contributed by atoms with Gasteiger partial charge in [0.25, 0.3) is 0 Å². The van der Waals surface area contributed by atoms with Gasteiger partial charge in [0, 0.05) is 0 Å². The van der Waals surface area contributed by atoms with Gasteiger partial charge in [0.1, 0.15) is 0 Å². The Kier molecular flexibility index (Phi) is 3.17. The van der Waals surface area contributed by atoms with E-state index in [0.717, 1.165) is 6.07 Å². The smallest absolute Gasteiger partial charge is 0.422 e. The van der Waals surface area contributed by atoms with E-state index in [9.17, 15) is 13.2 Å². The largest absolute Gasteiger partial charge is 0.481 e. The highest BCUT2D eigenvalue weighted by molar-refractivity contribution is 5.29. The number of nitrogens with zero attached hydrogens (tertiary/aromatic N) is 2. The minimum Gasteiger partial charge on any atom is -0.481 e. The molecule has 0 amide bonds. The van der Waals surface area contributed by atoms with Crippen molar-refractivity contribution in [2.75, 3.05) is 19.5 Å². The molecule has 0 bridgehead atoms. The molecule has 1 aromatic rings. The lowest BCUT2D eigenvalue weighted by atomic mass is 10.6. The summed E-state index contributed by atoms with van der Waals surface area (Å²) >= 11 is 0. The number of nitrogens with two attached hydrogens (primary N) is 1. The summed E-state index contributed by atoms with van der Waals surface area (Å²) in [5, 5.41) is 0. The van der Waals surface area contributed by atoms with E-state index < -0.39 is 12.8 Å². The summed E-state index contributed by atoms with van der Waals surface area (Å²) in [6, 6.07) is 1.11. The van der Waals surface area contributed by atoms with Crippen LogP contribution in [0.3, 0.4) is 0 Å². The average molecular weight is 223 g/mol. The molecule has 1 rings (SSSR count). The molecule has 0 unspecified atom stereocenters. The van der Waals surface area contributed by atoms with Gasteiger partial charge >= 0.3 is 6.18 Å². The molecule has 0 fully saturated rings. The van der Waals surface area contributed by atoms with Crippen LogP contribution in [0.1, 0.15) is 0 Å². The molecule has 1 aromatic heterocycles. The fraction of sp³-hybridized carbons (Fsp3) is 0.429. The van der Waals surface area contributed by atoms with Crippen molar-refractivity contribution in [3.05, 3.63) is 6.07 Å². The van der Waals surface area contributed by atoms with E-state index in [2.05, 4.69) is 19.4 Å². The summed E-state index contributed by atoms with van der Waals surface area (Å²) in [5.74, 6) is -0.456. The molecule has 0 aromatic carbocycles. The third-order valence-electron chi connectivity index (χ3n) is 1.29. The van der Waals surface area contributed by atoms with Gasteiger partial charge in [-0.15, -0.1) is 0 Å². The highest BCUT2D eigenvalue weighted by Crippen LogP contribution is 2.20. The lowest BCUT2D eigenvalue weighted by Gasteiger charge is -2.09. The van der Waals surface area contributed by atoms with Crippen LogP contribution < -0.4 is 15.2 Å². The van der Waals surface area contributed by atoms with Crippen LogP contribution in [0.2, 0.25) is 0 Å². The summed E-state index contributed by atoms with van der Waals surface area (Å²) in [6.07, 6.45) is -4.42. The highest BCUT2D eigenvalue weighted by atomic mass is 19.4. The molecule has 5 nitrogen and oxygen atoms in total. The second kappa shape index (κ2) is 4.20. The van der Waals surface area contributed by atoms with Crippen LogP contribution in [0.15, 0.2) is 6.07 Å². The molecule has 8 heteroatoms. The van der Waals surface area contributed by atoms with Crippen LogP contribution >= 0.6 is 0 Å². The molecule has 0 aliphatic carbocycles. The van der Waals surface area contributed by atoms with Crippen LogP contribution in [0.4, 0.5) is 19.1 Å². The summed E-state index contributed by atoms with van der Waals surface area (Å²) in [6.45, 7) is -1.44. The number of ether oxygens (including phenoxy) is 2. The van der Waals surface area contributed by atoms with Crippen LogP contribution in [-0.4, -0.2) is 29.9 Å². The monoisotopic (exact) mass is 223 g/mol. The average Bonchev–Trinajstić information content (AvgIpc) is 2.13. The van der Waals surface area contributed by atoms with Crippen molar-refractivity contribution in [2.45, 2.75) is 6.18 Å². The summed E-state index contributed by atoms with van der Waals surface area (Å²) in [4.78, 5) is 7.03. The van der Waals surface area contributed by atoms with Crippen LogP contribution in [-0.2, 0) is 0 Å². The van der Waals surface area contributed by atoms with Crippen molar-refractivity contribution in [3.8, 4) is 11.8 Å². The molecule has 2 N–H and O–H groups in total. The maximum atomic E-state index is 11.8. The predicted molar refractivity (Wildman–Crippen MR) is 44.5 cm³/mol. The summed E-state index contributed by atoms with van der Waals surface area (Å²) in [7, 11) is 1.30. The molecule has 0 radical (unpaired) electrons. The maximum absolute atomic E-state index is 11.8. The van der Waals surface area contributed by atoms with E-state index in [-0.39, 0.29) is 17.7 Å². The molecule has 84 valence electrons. The van der Waals surface area contributed by atoms with E-state index in [1.807, 2.05) is 0 Å². The summed E-state index contributed by atoms with van der Waals surface area (Å²) < 4.78 is 44.4. The van der Waals surface area contributed by atoms with E-state index >= 15 is 0 Å². The Morgan fingerprint density at radius 1 is 1.33 bits per heavy atom. The van der Waals surface area contributed by atoms with Crippen molar-refractivity contribution in [3.63, 3.8) is 0 Å². The van der Waals surface area contributed by atoms with Gasteiger partial charge in [0.05, 0.1) is 13.2 Å². The Bertz CT molecular complexity index is 343. The van der Waals surface area contributed by atoms with Gasteiger partial charge in [-0.25, -0.2) is 0 Å². The molecule has 0 saturated carbocycles. The third kappa shape index (κ3) is 3.88. The van der Waals surface area contributed by atoms with E-state index in [0.29, 0.717) is 0 Å². The molecule has 0 aliphatic heterocycles. The number of rotatable bonds is 3. The van der Waals surface area contributed by atoms with Gasteiger partial charge in [-0.2, -0.15) is 23.1 Å². The standard InChI is InChI=1S/C7H8F3N3O2/c1-14-4-2-5(13-6(11)12-4)15-3-7(8,9)10/h2H,3H2,1H3,(H2,11,12,13). The topological polar surface area (TPSA) is 70.3 Å². The predicted octanol–water partition coefficient (Wildman–Crippen LogP) is 1.01. The fourth-order valence-corrected chi connectivity index (χ4v) is 0.755. The molecule has 0 spiro atoms. The number of alkyl halides is 3. The zero-order valence-corrected chi connectivity index (χ0v) is 7.71. The zero-order chi connectivity index (χ0) is 11.5. The molecule has 1 heterocycles. The number of nitrogen functional groups attached to an aromatic ring is 1. The maximum Gasteiger partial charge on any atom is 0.422 e. The first-order chi connectivity index (χ1) is 6.90. The second-order valence-corrected chi connectivity index (χ2v) is 2.51. The van der Waals surface area contributed by atoms with Crippen LogP contribution in [0.5, 0.6) is 11.8 Å². The SMILES string of the molecule is COc1cc(OCC(F)(F)F)nc(N)n1. The number of methoxy groups -OCH3 is 1. The molecule has 0 atom stereocenters. The van der Waals surface area contributed by atoms with E-state index in [4.69, 9.17) is 5.73 Å². The van der Waals surface area contributed by atoms with Gasteiger partial charge in [-0.3, -0.25) is 0 Å². The number of anilines is 1. The Morgan fingerprint density at radius 2 is 1.93 bits per heavy atom. The normalized spacial score (nSPS) is 11.2. The minimum atomic E-state index is -4.42. The van der Waals surface area contributed by atoms with Gasteiger partial charge < -0.3 is 15.2 Å². The van der Waals surface area contributed by atoms with Gasteiger partial charge in [0.2, 0.25) is 17.7 Å². The van der Waals surface area contributed by atoms with Crippen molar-refractivity contribution < 1.29 is 22.6 Å². The Balaban J connectivity index is 2.73. The lowest BCUT2D eigenvalue weighted by Crippen LogP contribution is -2.20. The molecule has 0 aliphatic rings. The van der Waals surface area contributed by atoms with E-state index in [1.54, 1.807) is 0 Å². The quantitative estimate of drug-likeness (QED) is 0.827. The van der Waals surface area contributed by atoms with Crippen LogP contribution in [0, 0.1) is 0 Å². The van der Waals surface area contributed by atoms with Crippen molar-refractivity contribution in [1.82, 2.24) is 9.97 Å². The Labute approximate surface area is 83.0 Å². The minimum absolute atomic E-state index is 0.0414. The first kappa shape index (κ1) is 11.3. The third-order valence-corrected chi connectivity index (χ3v) is 1.29. The van der Waals surface area contributed by atoms with Crippen molar-refractivity contribution >= 4 is 5.95 Å². The fourth-order valence-electron chi connectivity index (χ4n) is 0.755. The molecule has 0 saturated heterocycles. The molecule has 15 heavy (non-hydrogen) atoms. The van der Waals surface area contributed by atoms with E-state index in [1.165, 1.54) is 7.11 Å². The zero-order valence-electron chi connectivity index (χ0n) is 7.71. The number of aromatic nitrogens is 2. The first-order valence-electron chi connectivity index (χ1n) is 3.79. The number of hydrogen-bond donors (Lipinski definition) is 1. The molecular weight excluding hydrogens is 215 g/mol. The second-order valence-electron chi connectivity index (χ2n) is 2.51. The van der Waals surface area contributed by atoms with Crippen LogP contribution in [0.25, 0.3) is 0 Å². The van der Waals surface area contributed by atoms with Gasteiger partial charge in [0.15, 0.2) is 6.61 Å². The van der Waals surface area contributed by atoms with Gasteiger partial charge in [-0.05, 0) is 0 Å². The lowest BCUT2D eigenvalue weighted by molar-refractivity contribution is -0.154. The highest BCUT2D eigenvalue weighted by Gasteiger charge is 2.28. The Hall–Kier alpha value is -1.73. The first-order valence-corrected chi connectivity index (χ1v) is 3.79. The van der Waals surface area contributed by atoms with Crippen molar-refractivity contribution in [2.24, 2.45) is 0 Å². The van der Waals surface area contributed by atoms with Crippen molar-refractivity contribution in [1.29, 1.82) is 0 Å². The Morgan fingerprint density at radius 3 is 2.47 bits per heavy atom. The molecular formula is C7H8F3N3O2. The number of hydrogen-bond acceptors (Lipinski definition) is 5. The summed E-state index contributed by atoms with van der Waals surface area (Å²) in [5.41, 5.74) is 5.21. The number of halogens is 3. The van der Waals surface area contributed by atoms with Gasteiger partial charge in [-0.1, -0.05) is 0 Å².